The molecule has 3 rings (SSSR count). The summed E-state index contributed by atoms with van der Waals surface area (Å²) in [5, 5.41) is 16.5. The summed E-state index contributed by atoms with van der Waals surface area (Å²) < 4.78 is 23.5. The summed E-state index contributed by atoms with van der Waals surface area (Å²) in [6.07, 6.45) is 0.369. The van der Waals surface area contributed by atoms with Crippen molar-refractivity contribution < 1.29 is 38.5 Å². The van der Waals surface area contributed by atoms with E-state index in [0.29, 0.717) is 37.1 Å². The van der Waals surface area contributed by atoms with Crippen LogP contribution in [0, 0.1) is 12.7 Å². The predicted molar refractivity (Wildman–Crippen MR) is 86.2 cm³/mol. The van der Waals surface area contributed by atoms with Crippen LogP contribution in [0.3, 0.4) is 0 Å². The Labute approximate surface area is 149 Å². The number of likely N-dealkylation sites (tertiary alicyclic amines) is 1. The summed E-state index contributed by atoms with van der Waals surface area (Å²) in [4.78, 5) is 33.0. The number of aryl methyl sites for hydroxylation is 1. The minimum atomic E-state index is -0.980. The van der Waals surface area contributed by atoms with Gasteiger partial charge in [-0.2, -0.15) is 0 Å². The zero-order valence-corrected chi connectivity index (χ0v) is 14.2. The zero-order chi connectivity index (χ0) is 19.3. The van der Waals surface area contributed by atoms with E-state index in [9.17, 15) is 19.1 Å². The molecule has 0 radical (unpaired) electrons. The van der Waals surface area contributed by atoms with Crippen molar-refractivity contribution >= 4 is 18.6 Å². The molecule has 26 heavy (non-hydrogen) atoms. The first-order chi connectivity index (χ1) is 12.3. The van der Waals surface area contributed by atoms with Crippen LogP contribution in [0.1, 0.15) is 30.0 Å². The lowest BCUT2D eigenvalue weighted by molar-refractivity contribution is -0.145. The standard InChI is InChI=1S/C16H18FNO5.CH2O2/c1-10-8-11(2-3-12(10)17)13(14(19)20)18-6-4-16(5-7-18)9-22-15(21)23-16;2-1-3/h2-3,8,13H,4-7,9H2,1H3,(H,19,20);1H,(H,2,3). The fraction of sp³-hybridized carbons (Fsp3) is 0.471. The Hall–Kier alpha value is -2.68. The van der Waals surface area contributed by atoms with E-state index in [1.165, 1.54) is 12.1 Å². The van der Waals surface area contributed by atoms with E-state index in [2.05, 4.69) is 0 Å². The number of hydrogen-bond donors (Lipinski definition) is 2. The maximum Gasteiger partial charge on any atom is 0.509 e. The highest BCUT2D eigenvalue weighted by Gasteiger charge is 2.46. The summed E-state index contributed by atoms with van der Waals surface area (Å²) in [7, 11) is 0. The molecule has 0 saturated carbocycles. The van der Waals surface area contributed by atoms with E-state index in [-0.39, 0.29) is 18.9 Å². The van der Waals surface area contributed by atoms with Gasteiger partial charge in [0.05, 0.1) is 0 Å². The first-order valence-electron chi connectivity index (χ1n) is 7.98. The molecule has 1 aromatic carbocycles. The van der Waals surface area contributed by atoms with Gasteiger partial charge < -0.3 is 19.7 Å². The third-order valence-corrected chi connectivity index (χ3v) is 4.56. The average molecular weight is 369 g/mol. The monoisotopic (exact) mass is 369 g/mol. The predicted octanol–water partition coefficient (Wildman–Crippen LogP) is 1.96. The lowest BCUT2D eigenvalue weighted by Crippen LogP contribution is -2.48. The molecule has 8 nitrogen and oxygen atoms in total. The Morgan fingerprint density at radius 1 is 1.38 bits per heavy atom. The molecule has 2 aliphatic rings. The van der Waals surface area contributed by atoms with Crippen LogP contribution in [0.5, 0.6) is 0 Å². The molecule has 2 heterocycles. The molecule has 0 aliphatic carbocycles. The highest BCUT2D eigenvalue weighted by atomic mass is 19.1. The molecule has 0 aromatic heterocycles. The Morgan fingerprint density at radius 2 is 2.00 bits per heavy atom. The van der Waals surface area contributed by atoms with Crippen LogP contribution >= 0.6 is 0 Å². The lowest BCUT2D eigenvalue weighted by Gasteiger charge is -2.39. The highest BCUT2D eigenvalue weighted by molar-refractivity contribution is 5.75. The van der Waals surface area contributed by atoms with Gasteiger partial charge in [-0.25, -0.2) is 9.18 Å². The zero-order valence-electron chi connectivity index (χ0n) is 14.2. The maximum atomic E-state index is 13.4. The van der Waals surface area contributed by atoms with Crippen LogP contribution in [0.4, 0.5) is 9.18 Å². The van der Waals surface area contributed by atoms with Crippen LogP contribution in [-0.4, -0.2) is 59.0 Å². The van der Waals surface area contributed by atoms with E-state index in [0.717, 1.165) is 0 Å². The SMILES string of the molecule is Cc1cc(C(C(=O)O)N2CCC3(CC2)COC(=O)O3)ccc1F.O=CO. The molecule has 1 unspecified atom stereocenters. The van der Waals surface area contributed by atoms with Crippen molar-refractivity contribution in [3.63, 3.8) is 0 Å². The first-order valence-corrected chi connectivity index (χ1v) is 7.98. The largest absolute Gasteiger partial charge is 0.509 e. The second-order valence-corrected chi connectivity index (χ2v) is 6.21. The van der Waals surface area contributed by atoms with E-state index < -0.39 is 23.8 Å². The number of carboxylic acids is 1. The third kappa shape index (κ3) is 4.29. The number of nitrogens with zero attached hydrogens (tertiary/aromatic N) is 1. The number of hydrogen-bond acceptors (Lipinski definition) is 6. The molecule has 1 aromatic rings. The molecule has 142 valence electrons. The fourth-order valence-corrected chi connectivity index (χ4v) is 3.21. The van der Waals surface area contributed by atoms with Gasteiger partial charge in [-0.15, -0.1) is 0 Å². The molecule has 2 fully saturated rings. The minimum absolute atomic E-state index is 0.215. The summed E-state index contributed by atoms with van der Waals surface area (Å²) >= 11 is 0. The Bertz CT molecular complexity index is 686. The molecule has 2 saturated heterocycles. The van der Waals surface area contributed by atoms with Crippen molar-refractivity contribution in [2.45, 2.75) is 31.4 Å². The summed E-state index contributed by atoms with van der Waals surface area (Å²) in [6.45, 7) is 2.50. The number of cyclic esters (lactones) is 1. The molecular weight excluding hydrogens is 349 g/mol. The maximum absolute atomic E-state index is 13.4. The van der Waals surface area contributed by atoms with Crippen molar-refractivity contribution in [3.05, 3.63) is 35.1 Å². The van der Waals surface area contributed by atoms with Crippen molar-refractivity contribution in [2.24, 2.45) is 0 Å². The summed E-state index contributed by atoms with van der Waals surface area (Å²) in [5.74, 6) is -1.34. The van der Waals surface area contributed by atoms with Gasteiger partial charge in [0.25, 0.3) is 6.47 Å². The Balaban J connectivity index is 0.000000758. The van der Waals surface area contributed by atoms with Crippen LogP contribution in [0.25, 0.3) is 0 Å². The lowest BCUT2D eigenvalue weighted by atomic mass is 9.90. The fourth-order valence-electron chi connectivity index (χ4n) is 3.21. The second kappa shape index (κ2) is 8.13. The molecule has 2 N–H and O–H groups in total. The smallest absolute Gasteiger partial charge is 0.483 e. The second-order valence-electron chi connectivity index (χ2n) is 6.21. The Kier molecular flexibility index (Phi) is 6.14. The van der Waals surface area contributed by atoms with Gasteiger partial charge in [0.1, 0.15) is 18.5 Å². The quantitative estimate of drug-likeness (QED) is 0.614. The topological polar surface area (TPSA) is 113 Å². The summed E-state index contributed by atoms with van der Waals surface area (Å²) in [5.41, 5.74) is 0.336. The molecular formula is C17H20FNO7. The van der Waals surface area contributed by atoms with Crippen molar-refractivity contribution in [1.82, 2.24) is 4.90 Å². The molecule has 2 aliphatic heterocycles. The van der Waals surface area contributed by atoms with Gasteiger partial charge >= 0.3 is 12.1 Å². The van der Waals surface area contributed by atoms with E-state index in [4.69, 9.17) is 19.4 Å². The van der Waals surface area contributed by atoms with E-state index in [1.54, 1.807) is 13.0 Å². The highest BCUT2D eigenvalue weighted by Crippen LogP contribution is 2.35. The number of carboxylic acid groups (broad SMARTS) is 2. The van der Waals surface area contributed by atoms with Crippen molar-refractivity contribution in [2.75, 3.05) is 19.7 Å². The molecule has 1 spiro atoms. The van der Waals surface area contributed by atoms with Gasteiger partial charge in [-0.1, -0.05) is 12.1 Å². The first kappa shape index (κ1) is 19.6. The number of carbonyl (C=O) groups is 3. The van der Waals surface area contributed by atoms with Crippen LogP contribution in [-0.2, 0) is 19.1 Å². The van der Waals surface area contributed by atoms with Crippen LogP contribution < -0.4 is 0 Å². The van der Waals surface area contributed by atoms with Crippen LogP contribution in [0.15, 0.2) is 18.2 Å². The Morgan fingerprint density at radius 3 is 2.46 bits per heavy atom. The number of benzene rings is 1. The van der Waals surface area contributed by atoms with Crippen molar-refractivity contribution in [3.8, 4) is 0 Å². The third-order valence-electron chi connectivity index (χ3n) is 4.56. The average Bonchev–Trinajstić information content (AvgIpc) is 2.94. The normalized spacial score (nSPS) is 19.7. The van der Waals surface area contributed by atoms with Gasteiger partial charge in [-0.05, 0) is 24.1 Å². The van der Waals surface area contributed by atoms with Gasteiger partial charge in [0, 0.05) is 25.9 Å². The number of rotatable bonds is 3. The molecule has 0 bridgehead atoms. The van der Waals surface area contributed by atoms with E-state index >= 15 is 0 Å². The number of aliphatic carboxylic acids is 1. The number of ether oxygens (including phenoxy) is 2. The van der Waals surface area contributed by atoms with Gasteiger partial charge in [0.2, 0.25) is 0 Å². The van der Waals surface area contributed by atoms with Gasteiger partial charge in [0.15, 0.2) is 5.60 Å². The number of carbonyl (C=O) groups excluding carboxylic acids is 1. The molecule has 1 atom stereocenters. The molecule has 9 heteroatoms. The minimum Gasteiger partial charge on any atom is -0.483 e. The van der Waals surface area contributed by atoms with Gasteiger partial charge in [-0.3, -0.25) is 14.5 Å². The van der Waals surface area contributed by atoms with Crippen LogP contribution in [0.2, 0.25) is 0 Å². The molecule has 0 amide bonds. The van der Waals surface area contributed by atoms with E-state index in [1.807, 2.05) is 4.90 Å². The van der Waals surface area contributed by atoms with Crippen molar-refractivity contribution in [1.29, 1.82) is 0 Å². The number of piperidine rings is 1. The number of halogens is 1. The summed E-state index contributed by atoms with van der Waals surface area (Å²) in [6, 6.07) is 3.52.